The van der Waals surface area contributed by atoms with E-state index in [0.29, 0.717) is 0 Å². The SMILES string of the molecule is Cc1nc(-c2ccsc2)sc1C(=O)N1CCN(C2CC2)CC1. The lowest BCUT2D eigenvalue weighted by Crippen LogP contribution is -2.49. The fourth-order valence-electron chi connectivity index (χ4n) is 2.98. The summed E-state index contributed by atoms with van der Waals surface area (Å²) in [5.74, 6) is 0.159. The average Bonchev–Trinajstić information content (AvgIpc) is 3.10. The van der Waals surface area contributed by atoms with Crippen LogP contribution in [0.1, 0.15) is 28.2 Å². The first-order chi connectivity index (χ1) is 10.7. The van der Waals surface area contributed by atoms with Crippen LogP contribution in [0.25, 0.3) is 10.6 Å². The number of carbonyl (C=O) groups is 1. The Hall–Kier alpha value is -1.24. The van der Waals surface area contributed by atoms with Gasteiger partial charge in [0.05, 0.1) is 5.69 Å². The number of carbonyl (C=O) groups excluding carboxylic acids is 1. The van der Waals surface area contributed by atoms with Gasteiger partial charge < -0.3 is 4.90 Å². The Bertz CT molecular complexity index is 668. The number of rotatable bonds is 3. The number of nitrogens with zero attached hydrogens (tertiary/aromatic N) is 3. The number of aryl methyl sites for hydroxylation is 1. The molecular weight excluding hydrogens is 314 g/mol. The van der Waals surface area contributed by atoms with Gasteiger partial charge in [0, 0.05) is 43.2 Å². The lowest BCUT2D eigenvalue weighted by Gasteiger charge is -2.34. The number of piperazine rings is 1. The Kier molecular flexibility index (Phi) is 3.76. The highest BCUT2D eigenvalue weighted by atomic mass is 32.1. The molecule has 0 unspecified atom stereocenters. The zero-order valence-corrected chi connectivity index (χ0v) is 14.3. The summed E-state index contributed by atoms with van der Waals surface area (Å²) in [5.41, 5.74) is 1.98. The van der Waals surface area contributed by atoms with Crippen LogP contribution in [-0.2, 0) is 0 Å². The lowest BCUT2D eigenvalue weighted by molar-refractivity contribution is 0.0631. The van der Waals surface area contributed by atoms with Crippen LogP contribution in [0, 0.1) is 6.92 Å². The van der Waals surface area contributed by atoms with Crippen LogP contribution in [-0.4, -0.2) is 52.9 Å². The first-order valence-electron chi connectivity index (χ1n) is 7.75. The molecule has 116 valence electrons. The predicted octanol–water partition coefficient (Wildman–Crippen LogP) is 3.10. The largest absolute Gasteiger partial charge is 0.335 e. The molecule has 1 saturated carbocycles. The fraction of sp³-hybridized carbons (Fsp3) is 0.500. The van der Waals surface area contributed by atoms with Crippen molar-refractivity contribution in [1.82, 2.24) is 14.8 Å². The Labute approximate surface area is 138 Å². The van der Waals surface area contributed by atoms with Crippen molar-refractivity contribution in [1.29, 1.82) is 0 Å². The molecule has 0 atom stereocenters. The van der Waals surface area contributed by atoms with Gasteiger partial charge in [0.1, 0.15) is 9.88 Å². The van der Waals surface area contributed by atoms with Gasteiger partial charge in [-0.3, -0.25) is 9.69 Å². The van der Waals surface area contributed by atoms with E-state index >= 15 is 0 Å². The second-order valence-corrected chi connectivity index (χ2v) is 7.78. The topological polar surface area (TPSA) is 36.4 Å². The Morgan fingerprint density at radius 3 is 2.68 bits per heavy atom. The molecule has 2 aromatic rings. The molecule has 22 heavy (non-hydrogen) atoms. The van der Waals surface area contributed by atoms with Gasteiger partial charge in [-0.15, -0.1) is 11.3 Å². The van der Waals surface area contributed by atoms with Crippen LogP contribution < -0.4 is 0 Å². The summed E-state index contributed by atoms with van der Waals surface area (Å²) in [4.78, 5) is 22.7. The van der Waals surface area contributed by atoms with Crippen molar-refractivity contribution in [3.05, 3.63) is 27.4 Å². The fourth-order valence-corrected chi connectivity index (χ4v) is 4.72. The van der Waals surface area contributed by atoms with Gasteiger partial charge in [-0.2, -0.15) is 11.3 Å². The summed E-state index contributed by atoms with van der Waals surface area (Å²) in [7, 11) is 0. The number of amides is 1. The number of hydrogen-bond acceptors (Lipinski definition) is 5. The van der Waals surface area contributed by atoms with Crippen molar-refractivity contribution in [2.24, 2.45) is 0 Å². The molecule has 0 N–H and O–H groups in total. The van der Waals surface area contributed by atoms with Gasteiger partial charge in [-0.25, -0.2) is 4.98 Å². The summed E-state index contributed by atoms with van der Waals surface area (Å²) in [6, 6.07) is 2.86. The summed E-state index contributed by atoms with van der Waals surface area (Å²) in [6.07, 6.45) is 2.68. The minimum Gasteiger partial charge on any atom is -0.335 e. The van der Waals surface area contributed by atoms with Crippen LogP contribution in [0.2, 0.25) is 0 Å². The molecule has 4 rings (SSSR count). The Morgan fingerprint density at radius 2 is 2.05 bits per heavy atom. The van der Waals surface area contributed by atoms with E-state index in [1.54, 1.807) is 11.3 Å². The Morgan fingerprint density at radius 1 is 1.27 bits per heavy atom. The van der Waals surface area contributed by atoms with Crippen LogP contribution in [0.3, 0.4) is 0 Å². The minimum absolute atomic E-state index is 0.159. The van der Waals surface area contributed by atoms with E-state index in [1.807, 2.05) is 17.2 Å². The summed E-state index contributed by atoms with van der Waals surface area (Å²) < 4.78 is 0. The van der Waals surface area contributed by atoms with Crippen LogP contribution in [0.5, 0.6) is 0 Å². The third-order valence-corrected chi connectivity index (χ3v) is 6.30. The molecule has 2 fully saturated rings. The number of thiazole rings is 1. The van der Waals surface area contributed by atoms with Gasteiger partial charge in [-0.1, -0.05) is 0 Å². The van der Waals surface area contributed by atoms with Crippen molar-refractivity contribution in [3.63, 3.8) is 0 Å². The molecule has 0 bridgehead atoms. The van der Waals surface area contributed by atoms with Crippen molar-refractivity contribution in [2.45, 2.75) is 25.8 Å². The Balaban J connectivity index is 1.48. The zero-order valence-electron chi connectivity index (χ0n) is 12.6. The first-order valence-corrected chi connectivity index (χ1v) is 9.51. The van der Waals surface area contributed by atoms with Gasteiger partial charge in [0.25, 0.3) is 5.91 Å². The zero-order chi connectivity index (χ0) is 15.1. The highest BCUT2D eigenvalue weighted by molar-refractivity contribution is 7.17. The molecule has 1 amide bonds. The van der Waals surface area contributed by atoms with Gasteiger partial charge in [0.2, 0.25) is 0 Å². The summed E-state index contributed by atoms with van der Waals surface area (Å²) >= 11 is 3.19. The molecule has 2 aromatic heterocycles. The second-order valence-electron chi connectivity index (χ2n) is 6.00. The second kappa shape index (κ2) is 5.76. The van der Waals surface area contributed by atoms with E-state index in [4.69, 9.17) is 0 Å². The third-order valence-electron chi connectivity index (χ3n) is 4.42. The molecular formula is C16H19N3OS2. The van der Waals surface area contributed by atoms with E-state index in [0.717, 1.165) is 53.4 Å². The van der Waals surface area contributed by atoms with E-state index in [1.165, 1.54) is 24.2 Å². The molecule has 6 heteroatoms. The molecule has 0 spiro atoms. The molecule has 1 saturated heterocycles. The molecule has 4 nitrogen and oxygen atoms in total. The van der Waals surface area contributed by atoms with Crippen molar-refractivity contribution in [3.8, 4) is 10.6 Å². The van der Waals surface area contributed by atoms with Crippen LogP contribution in [0.15, 0.2) is 16.8 Å². The average molecular weight is 333 g/mol. The smallest absolute Gasteiger partial charge is 0.265 e. The number of thiophene rings is 1. The highest BCUT2D eigenvalue weighted by Crippen LogP contribution is 2.31. The van der Waals surface area contributed by atoms with Gasteiger partial charge >= 0.3 is 0 Å². The highest BCUT2D eigenvalue weighted by Gasteiger charge is 2.33. The van der Waals surface area contributed by atoms with Gasteiger partial charge in [-0.05, 0) is 31.2 Å². The van der Waals surface area contributed by atoms with Crippen molar-refractivity contribution in [2.75, 3.05) is 26.2 Å². The maximum atomic E-state index is 12.8. The van der Waals surface area contributed by atoms with E-state index in [2.05, 4.69) is 21.3 Å². The monoisotopic (exact) mass is 333 g/mol. The summed E-state index contributed by atoms with van der Waals surface area (Å²) in [6.45, 7) is 5.68. The lowest BCUT2D eigenvalue weighted by atomic mass is 10.2. The molecule has 0 aromatic carbocycles. The van der Waals surface area contributed by atoms with Crippen LogP contribution in [0.4, 0.5) is 0 Å². The summed E-state index contributed by atoms with van der Waals surface area (Å²) in [5, 5.41) is 5.09. The van der Waals surface area contributed by atoms with Crippen LogP contribution >= 0.6 is 22.7 Å². The molecule has 3 heterocycles. The van der Waals surface area contributed by atoms with E-state index in [-0.39, 0.29) is 5.91 Å². The maximum absolute atomic E-state index is 12.8. The molecule has 1 aliphatic heterocycles. The van der Waals surface area contributed by atoms with Gasteiger partial charge in [0.15, 0.2) is 0 Å². The normalized spacial score (nSPS) is 19.6. The quantitative estimate of drug-likeness (QED) is 0.866. The first kappa shape index (κ1) is 14.4. The maximum Gasteiger partial charge on any atom is 0.265 e. The van der Waals surface area contributed by atoms with E-state index < -0.39 is 0 Å². The van der Waals surface area contributed by atoms with E-state index in [9.17, 15) is 4.79 Å². The van der Waals surface area contributed by atoms with Crippen molar-refractivity contribution < 1.29 is 4.79 Å². The standard InChI is InChI=1S/C16H19N3OS2/c1-11-14(22-15(17-11)12-4-9-21-10-12)16(20)19-7-5-18(6-8-19)13-2-3-13/h4,9-10,13H,2-3,5-8H2,1H3. The molecule has 0 radical (unpaired) electrons. The molecule has 2 aliphatic rings. The van der Waals surface area contributed by atoms with Crippen molar-refractivity contribution >= 4 is 28.6 Å². The number of hydrogen-bond donors (Lipinski definition) is 0. The minimum atomic E-state index is 0.159. The molecule has 1 aliphatic carbocycles. The number of aromatic nitrogens is 1. The predicted molar refractivity (Wildman–Crippen MR) is 90.7 cm³/mol. The third kappa shape index (κ3) is 2.71.